The van der Waals surface area contributed by atoms with E-state index in [1.807, 2.05) is 55.5 Å². The number of rotatable bonds is 5. The van der Waals surface area contributed by atoms with Crippen molar-refractivity contribution in [1.29, 1.82) is 0 Å². The average molecular weight is 319 g/mol. The number of carbonyl (C=O) groups is 1. The normalized spacial score (nSPS) is 11.9. The van der Waals surface area contributed by atoms with Gasteiger partial charge >= 0.3 is 0 Å². The number of nitrogens with one attached hydrogen (secondary N) is 1. The number of carbonyl (C=O) groups excluding carboxylic acids is 1. The van der Waals surface area contributed by atoms with Crippen LogP contribution in [0.1, 0.15) is 30.6 Å². The predicted octanol–water partition coefficient (Wildman–Crippen LogP) is 5.27. The molecule has 0 aromatic heterocycles. The lowest BCUT2D eigenvalue weighted by molar-refractivity contribution is 0.102. The molecule has 122 valence electrons. The molecule has 0 saturated carbocycles. The van der Waals surface area contributed by atoms with Crippen LogP contribution in [0.15, 0.2) is 66.7 Å². The molecule has 0 aliphatic rings. The Morgan fingerprint density at radius 3 is 2.58 bits per heavy atom. The lowest BCUT2D eigenvalue weighted by Crippen LogP contribution is -2.13. The highest BCUT2D eigenvalue weighted by molar-refractivity contribution is 6.05. The van der Waals surface area contributed by atoms with Gasteiger partial charge in [-0.25, -0.2) is 0 Å². The Labute approximate surface area is 142 Å². The zero-order valence-electron chi connectivity index (χ0n) is 14.0. The summed E-state index contributed by atoms with van der Waals surface area (Å²) >= 11 is 0. The third-order valence-electron chi connectivity index (χ3n) is 4.02. The van der Waals surface area contributed by atoms with E-state index in [-0.39, 0.29) is 12.0 Å². The van der Waals surface area contributed by atoms with Crippen molar-refractivity contribution in [3.05, 3.63) is 72.3 Å². The second kappa shape index (κ2) is 7.18. The van der Waals surface area contributed by atoms with Gasteiger partial charge in [0.15, 0.2) is 0 Å². The Balaban J connectivity index is 1.77. The molecule has 1 unspecified atom stereocenters. The molecule has 0 saturated heterocycles. The Morgan fingerprint density at radius 1 is 1.00 bits per heavy atom. The van der Waals surface area contributed by atoms with Gasteiger partial charge in [0.25, 0.3) is 5.91 Å². The van der Waals surface area contributed by atoms with Crippen molar-refractivity contribution in [2.75, 3.05) is 5.32 Å². The van der Waals surface area contributed by atoms with Crippen molar-refractivity contribution in [3.63, 3.8) is 0 Å². The summed E-state index contributed by atoms with van der Waals surface area (Å²) in [6.07, 6.45) is 1.05. The van der Waals surface area contributed by atoms with Crippen molar-refractivity contribution in [3.8, 4) is 5.75 Å². The molecule has 3 nitrogen and oxygen atoms in total. The molecule has 0 aliphatic heterocycles. The van der Waals surface area contributed by atoms with E-state index in [2.05, 4.69) is 18.3 Å². The quantitative estimate of drug-likeness (QED) is 0.695. The smallest absolute Gasteiger partial charge is 0.255 e. The largest absolute Gasteiger partial charge is 0.491 e. The standard InChI is InChI=1S/C21H21NO2/c1-3-15(2)24-20-10-6-9-18(14-20)21(23)22-19-12-11-16-7-4-5-8-17(16)13-19/h4-15H,3H2,1-2H3,(H,22,23). The lowest BCUT2D eigenvalue weighted by Gasteiger charge is -2.13. The van der Waals surface area contributed by atoms with Crippen molar-refractivity contribution < 1.29 is 9.53 Å². The third-order valence-corrected chi connectivity index (χ3v) is 4.02. The first-order valence-corrected chi connectivity index (χ1v) is 8.22. The maximum absolute atomic E-state index is 12.5. The number of anilines is 1. The maximum atomic E-state index is 12.5. The zero-order chi connectivity index (χ0) is 16.9. The van der Waals surface area contributed by atoms with E-state index in [9.17, 15) is 4.79 Å². The number of hydrogen-bond donors (Lipinski definition) is 1. The van der Waals surface area contributed by atoms with Gasteiger partial charge in [-0.2, -0.15) is 0 Å². The minimum atomic E-state index is -0.139. The Bertz CT molecular complexity index is 857. The Hall–Kier alpha value is -2.81. The minimum Gasteiger partial charge on any atom is -0.491 e. The van der Waals surface area contributed by atoms with Crippen LogP contribution in [0.2, 0.25) is 0 Å². The number of ether oxygens (including phenoxy) is 1. The molecule has 24 heavy (non-hydrogen) atoms. The Kier molecular flexibility index (Phi) is 4.80. The monoisotopic (exact) mass is 319 g/mol. The molecule has 0 fully saturated rings. The Morgan fingerprint density at radius 2 is 1.79 bits per heavy atom. The first-order chi connectivity index (χ1) is 11.7. The summed E-state index contributed by atoms with van der Waals surface area (Å²) in [7, 11) is 0. The van der Waals surface area contributed by atoms with Gasteiger partial charge in [0.05, 0.1) is 6.10 Å². The van der Waals surface area contributed by atoms with Crippen molar-refractivity contribution >= 4 is 22.4 Å². The fourth-order valence-corrected chi connectivity index (χ4v) is 2.50. The second-order valence-corrected chi connectivity index (χ2v) is 5.88. The second-order valence-electron chi connectivity index (χ2n) is 5.88. The predicted molar refractivity (Wildman–Crippen MR) is 98.7 cm³/mol. The van der Waals surface area contributed by atoms with Gasteiger partial charge in [0, 0.05) is 11.3 Å². The molecule has 3 heteroatoms. The van der Waals surface area contributed by atoms with Gasteiger partial charge in [0.1, 0.15) is 5.75 Å². The topological polar surface area (TPSA) is 38.3 Å². The summed E-state index contributed by atoms with van der Waals surface area (Å²) in [6.45, 7) is 4.09. The summed E-state index contributed by atoms with van der Waals surface area (Å²) in [5, 5.41) is 5.20. The van der Waals surface area contributed by atoms with E-state index in [1.165, 1.54) is 0 Å². The van der Waals surface area contributed by atoms with E-state index in [1.54, 1.807) is 12.1 Å². The van der Waals surface area contributed by atoms with Crippen LogP contribution in [0.25, 0.3) is 10.8 Å². The summed E-state index contributed by atoms with van der Waals surface area (Å²) in [4.78, 5) is 12.5. The van der Waals surface area contributed by atoms with Crippen molar-refractivity contribution in [1.82, 2.24) is 0 Å². The minimum absolute atomic E-state index is 0.129. The van der Waals surface area contributed by atoms with Crippen LogP contribution in [0, 0.1) is 0 Å². The molecule has 3 rings (SSSR count). The van der Waals surface area contributed by atoms with Gasteiger partial charge in [-0.1, -0.05) is 43.3 Å². The van der Waals surface area contributed by atoms with E-state index >= 15 is 0 Å². The van der Waals surface area contributed by atoms with Crippen LogP contribution in [0.3, 0.4) is 0 Å². The molecule has 0 bridgehead atoms. The molecule has 3 aromatic carbocycles. The first kappa shape index (κ1) is 16.1. The van der Waals surface area contributed by atoms with Crippen LogP contribution in [0.5, 0.6) is 5.75 Å². The van der Waals surface area contributed by atoms with Crippen LogP contribution in [0.4, 0.5) is 5.69 Å². The number of benzene rings is 3. The van der Waals surface area contributed by atoms with Crippen molar-refractivity contribution in [2.45, 2.75) is 26.4 Å². The molecule has 0 aliphatic carbocycles. The van der Waals surface area contributed by atoms with Crippen LogP contribution in [-0.2, 0) is 0 Å². The molecular weight excluding hydrogens is 298 g/mol. The summed E-state index contributed by atoms with van der Waals surface area (Å²) in [6, 6.07) is 21.3. The first-order valence-electron chi connectivity index (χ1n) is 8.22. The van der Waals surface area contributed by atoms with E-state index in [0.717, 1.165) is 28.6 Å². The van der Waals surface area contributed by atoms with Crippen LogP contribution in [-0.4, -0.2) is 12.0 Å². The number of fused-ring (bicyclic) bond motifs is 1. The number of hydrogen-bond acceptors (Lipinski definition) is 2. The average Bonchev–Trinajstić information content (AvgIpc) is 2.61. The van der Waals surface area contributed by atoms with Crippen molar-refractivity contribution in [2.24, 2.45) is 0 Å². The molecule has 1 N–H and O–H groups in total. The fourth-order valence-electron chi connectivity index (χ4n) is 2.50. The summed E-state index contributed by atoms with van der Waals surface area (Å²) in [5.74, 6) is 0.579. The van der Waals surface area contributed by atoms with Gasteiger partial charge in [-0.05, 0) is 54.4 Å². The number of amides is 1. The third kappa shape index (κ3) is 3.74. The molecule has 3 aromatic rings. The molecule has 1 amide bonds. The summed E-state index contributed by atoms with van der Waals surface area (Å²) in [5.41, 5.74) is 1.37. The highest BCUT2D eigenvalue weighted by Gasteiger charge is 2.09. The molecular formula is C21H21NO2. The zero-order valence-corrected chi connectivity index (χ0v) is 14.0. The molecule has 0 radical (unpaired) electrons. The molecule has 1 atom stereocenters. The SMILES string of the molecule is CCC(C)Oc1cccc(C(=O)Nc2ccc3ccccc3c2)c1. The maximum Gasteiger partial charge on any atom is 0.255 e. The molecule has 0 heterocycles. The van der Waals surface area contributed by atoms with Gasteiger partial charge < -0.3 is 10.1 Å². The van der Waals surface area contributed by atoms with Crippen LogP contribution >= 0.6 is 0 Å². The van der Waals surface area contributed by atoms with E-state index < -0.39 is 0 Å². The van der Waals surface area contributed by atoms with Gasteiger partial charge in [0.2, 0.25) is 0 Å². The fraction of sp³-hybridized carbons (Fsp3) is 0.190. The molecule has 0 spiro atoms. The van der Waals surface area contributed by atoms with E-state index in [0.29, 0.717) is 5.56 Å². The highest BCUT2D eigenvalue weighted by Crippen LogP contribution is 2.21. The lowest BCUT2D eigenvalue weighted by atomic mass is 10.1. The van der Waals surface area contributed by atoms with E-state index in [4.69, 9.17) is 4.74 Å². The summed E-state index contributed by atoms with van der Waals surface area (Å²) < 4.78 is 5.78. The van der Waals surface area contributed by atoms with Crippen LogP contribution < -0.4 is 10.1 Å². The highest BCUT2D eigenvalue weighted by atomic mass is 16.5. The van der Waals surface area contributed by atoms with Gasteiger partial charge in [-0.15, -0.1) is 0 Å². The van der Waals surface area contributed by atoms with Gasteiger partial charge in [-0.3, -0.25) is 4.79 Å².